The van der Waals surface area contributed by atoms with Crippen molar-refractivity contribution in [1.82, 2.24) is 10.3 Å². The Morgan fingerprint density at radius 3 is 2.62 bits per heavy atom. The van der Waals surface area contributed by atoms with Gasteiger partial charge in [0.15, 0.2) is 0 Å². The maximum absolute atomic E-state index is 4.89. The van der Waals surface area contributed by atoms with Crippen molar-refractivity contribution in [3.05, 3.63) is 49.9 Å². The second-order valence-electron chi connectivity index (χ2n) is 6.03. The molecular formula is C17H21BrN2S. The van der Waals surface area contributed by atoms with Crippen LogP contribution in [0.25, 0.3) is 0 Å². The number of nitrogens with one attached hydrogen (secondary N) is 1. The van der Waals surface area contributed by atoms with E-state index in [0.29, 0.717) is 5.92 Å². The summed E-state index contributed by atoms with van der Waals surface area (Å²) in [5.41, 5.74) is 2.60. The Kier molecular flexibility index (Phi) is 4.77. The molecule has 1 aliphatic rings. The molecule has 0 atom stereocenters. The first-order valence-corrected chi connectivity index (χ1v) is 9.19. The number of benzene rings is 1. The van der Waals surface area contributed by atoms with Crippen LogP contribution in [0.3, 0.4) is 0 Å². The number of thiazole rings is 1. The van der Waals surface area contributed by atoms with Crippen LogP contribution in [0.4, 0.5) is 0 Å². The predicted molar refractivity (Wildman–Crippen MR) is 93.0 cm³/mol. The Morgan fingerprint density at radius 2 is 2.00 bits per heavy atom. The molecule has 4 heteroatoms. The van der Waals surface area contributed by atoms with Crippen LogP contribution in [-0.4, -0.2) is 11.0 Å². The summed E-state index contributed by atoms with van der Waals surface area (Å²) >= 11 is 5.36. The molecule has 0 aliphatic heterocycles. The lowest BCUT2D eigenvalue weighted by Crippen LogP contribution is -2.15. The molecule has 1 aromatic carbocycles. The first-order valence-electron chi connectivity index (χ1n) is 7.58. The highest BCUT2D eigenvalue weighted by molar-refractivity contribution is 9.10. The highest BCUT2D eigenvalue weighted by atomic mass is 79.9. The van der Waals surface area contributed by atoms with Gasteiger partial charge in [-0.15, -0.1) is 11.3 Å². The normalized spacial score (nSPS) is 14.9. The first kappa shape index (κ1) is 15.2. The third-order valence-corrected chi connectivity index (χ3v) is 5.32. The first-order chi connectivity index (χ1) is 10.1. The van der Waals surface area contributed by atoms with Gasteiger partial charge in [-0.05, 0) is 36.5 Å². The van der Waals surface area contributed by atoms with Crippen molar-refractivity contribution < 1.29 is 0 Å². The third-order valence-electron chi connectivity index (χ3n) is 3.72. The molecular weight excluding hydrogens is 344 g/mol. The quantitative estimate of drug-likeness (QED) is 0.790. The minimum absolute atomic E-state index is 0.496. The molecule has 1 heterocycles. The Labute approximate surface area is 139 Å². The van der Waals surface area contributed by atoms with Crippen molar-refractivity contribution >= 4 is 27.3 Å². The Hall–Kier alpha value is -0.710. The molecule has 1 aliphatic carbocycles. The van der Waals surface area contributed by atoms with E-state index in [1.165, 1.54) is 34.0 Å². The van der Waals surface area contributed by atoms with E-state index in [9.17, 15) is 0 Å². The number of halogens is 1. The topological polar surface area (TPSA) is 24.9 Å². The molecule has 0 radical (unpaired) electrons. The fourth-order valence-corrected chi connectivity index (χ4v) is 3.84. The lowest BCUT2D eigenvalue weighted by molar-refractivity contribution is 0.680. The molecule has 112 valence electrons. The van der Waals surface area contributed by atoms with Gasteiger partial charge in [-0.3, -0.25) is 0 Å². The van der Waals surface area contributed by atoms with Gasteiger partial charge in [0.05, 0.1) is 10.7 Å². The van der Waals surface area contributed by atoms with Gasteiger partial charge in [0, 0.05) is 28.4 Å². The van der Waals surface area contributed by atoms with Crippen molar-refractivity contribution in [2.24, 2.45) is 0 Å². The van der Waals surface area contributed by atoms with Crippen LogP contribution in [0.5, 0.6) is 0 Å². The zero-order valence-electron chi connectivity index (χ0n) is 12.5. The van der Waals surface area contributed by atoms with E-state index in [-0.39, 0.29) is 0 Å². The lowest BCUT2D eigenvalue weighted by Gasteiger charge is -2.05. The molecule has 2 nitrogen and oxygen atoms in total. The summed E-state index contributed by atoms with van der Waals surface area (Å²) in [6.45, 7) is 5.45. The minimum atomic E-state index is 0.496. The van der Waals surface area contributed by atoms with Crippen LogP contribution in [-0.2, 0) is 13.0 Å². The van der Waals surface area contributed by atoms with Gasteiger partial charge in [0.2, 0.25) is 0 Å². The van der Waals surface area contributed by atoms with Gasteiger partial charge >= 0.3 is 0 Å². The maximum Gasteiger partial charge on any atom is 0.0975 e. The van der Waals surface area contributed by atoms with Gasteiger partial charge in [0.25, 0.3) is 0 Å². The summed E-state index contributed by atoms with van der Waals surface area (Å²) in [5.74, 6) is 0.496. The van der Waals surface area contributed by atoms with Gasteiger partial charge in [-0.2, -0.15) is 0 Å². The van der Waals surface area contributed by atoms with E-state index >= 15 is 0 Å². The molecule has 0 amide bonds. The SMILES string of the molecule is CC(C)c1nc(Cc2ccc(Br)cc2)sc1CNC1CC1. The highest BCUT2D eigenvalue weighted by Crippen LogP contribution is 2.28. The Morgan fingerprint density at radius 1 is 1.29 bits per heavy atom. The van der Waals surface area contributed by atoms with Crippen LogP contribution in [0, 0.1) is 0 Å². The third kappa shape index (κ3) is 4.15. The van der Waals surface area contributed by atoms with Crippen molar-refractivity contribution in [1.29, 1.82) is 0 Å². The average molecular weight is 365 g/mol. The van der Waals surface area contributed by atoms with Crippen LogP contribution < -0.4 is 5.32 Å². The van der Waals surface area contributed by atoms with Crippen molar-refractivity contribution in [2.45, 2.75) is 51.6 Å². The largest absolute Gasteiger partial charge is 0.309 e. The molecule has 3 rings (SSSR count). The number of rotatable bonds is 6. The molecule has 1 saturated carbocycles. The van der Waals surface area contributed by atoms with E-state index in [2.05, 4.69) is 59.4 Å². The van der Waals surface area contributed by atoms with Crippen molar-refractivity contribution in [3.8, 4) is 0 Å². The highest BCUT2D eigenvalue weighted by Gasteiger charge is 2.22. The van der Waals surface area contributed by atoms with Crippen LogP contribution in [0.15, 0.2) is 28.7 Å². The molecule has 0 spiro atoms. The fourth-order valence-electron chi connectivity index (χ4n) is 2.37. The van der Waals surface area contributed by atoms with Gasteiger partial charge in [0.1, 0.15) is 0 Å². The zero-order valence-corrected chi connectivity index (χ0v) is 14.9. The molecule has 2 aromatic rings. The average Bonchev–Trinajstić information content (AvgIpc) is 3.19. The van der Waals surface area contributed by atoms with E-state index in [1.54, 1.807) is 0 Å². The van der Waals surface area contributed by atoms with Gasteiger partial charge in [-0.25, -0.2) is 4.98 Å². The summed E-state index contributed by atoms with van der Waals surface area (Å²) in [6.07, 6.45) is 3.60. The summed E-state index contributed by atoms with van der Waals surface area (Å²) in [6, 6.07) is 9.29. The summed E-state index contributed by atoms with van der Waals surface area (Å²) in [7, 11) is 0. The van der Waals surface area contributed by atoms with E-state index in [0.717, 1.165) is 23.5 Å². The second kappa shape index (κ2) is 6.59. The summed E-state index contributed by atoms with van der Waals surface area (Å²) in [4.78, 5) is 6.31. The van der Waals surface area contributed by atoms with E-state index in [1.807, 2.05) is 11.3 Å². The molecule has 0 unspecified atom stereocenters. The predicted octanol–water partition coefficient (Wildman–Crippen LogP) is 4.87. The Balaban J connectivity index is 1.74. The van der Waals surface area contributed by atoms with Crippen LogP contribution in [0.1, 0.15) is 53.7 Å². The maximum atomic E-state index is 4.89. The van der Waals surface area contributed by atoms with Crippen LogP contribution in [0.2, 0.25) is 0 Å². The lowest BCUT2D eigenvalue weighted by atomic mass is 10.1. The molecule has 1 fully saturated rings. The second-order valence-corrected chi connectivity index (χ2v) is 8.11. The fraction of sp³-hybridized carbons (Fsp3) is 0.471. The number of hydrogen-bond donors (Lipinski definition) is 1. The van der Waals surface area contributed by atoms with E-state index in [4.69, 9.17) is 4.98 Å². The zero-order chi connectivity index (χ0) is 14.8. The summed E-state index contributed by atoms with van der Waals surface area (Å²) in [5, 5.41) is 4.85. The smallest absolute Gasteiger partial charge is 0.0975 e. The molecule has 1 N–H and O–H groups in total. The van der Waals surface area contributed by atoms with Gasteiger partial charge in [-0.1, -0.05) is 41.9 Å². The van der Waals surface area contributed by atoms with Crippen molar-refractivity contribution in [3.63, 3.8) is 0 Å². The monoisotopic (exact) mass is 364 g/mol. The summed E-state index contributed by atoms with van der Waals surface area (Å²) < 4.78 is 1.13. The van der Waals surface area contributed by atoms with Crippen molar-refractivity contribution in [2.75, 3.05) is 0 Å². The number of aromatic nitrogens is 1. The Bertz CT molecular complexity index is 600. The van der Waals surface area contributed by atoms with Gasteiger partial charge < -0.3 is 5.32 Å². The molecule has 0 bridgehead atoms. The number of hydrogen-bond acceptors (Lipinski definition) is 3. The molecule has 0 saturated heterocycles. The standard InChI is InChI=1S/C17H21BrN2S/c1-11(2)17-15(10-19-14-7-8-14)21-16(20-17)9-12-3-5-13(18)6-4-12/h3-6,11,14,19H,7-10H2,1-2H3. The van der Waals surface area contributed by atoms with Crippen LogP contribution >= 0.6 is 27.3 Å². The molecule has 1 aromatic heterocycles. The number of nitrogens with zero attached hydrogens (tertiary/aromatic N) is 1. The molecule has 21 heavy (non-hydrogen) atoms. The minimum Gasteiger partial charge on any atom is -0.309 e. The van der Waals surface area contributed by atoms with E-state index < -0.39 is 0 Å².